The van der Waals surface area contributed by atoms with E-state index in [1.54, 1.807) is 0 Å². The lowest BCUT2D eigenvalue weighted by molar-refractivity contribution is -0.292. The van der Waals surface area contributed by atoms with Crippen LogP contribution < -0.4 is 4.74 Å². The number of aryl methyl sites for hydroxylation is 2. The lowest BCUT2D eigenvalue weighted by Crippen LogP contribution is -2.36. The highest BCUT2D eigenvalue weighted by Crippen LogP contribution is 2.42. The highest BCUT2D eigenvalue weighted by molar-refractivity contribution is 5.62. The molecular weight excluding hydrogens is 279 g/mol. The van der Waals surface area contributed by atoms with Crippen molar-refractivity contribution in [1.82, 2.24) is 9.97 Å². The van der Waals surface area contributed by atoms with Crippen LogP contribution >= 0.6 is 0 Å². The Labute approximate surface area is 103 Å². The van der Waals surface area contributed by atoms with Crippen LogP contribution in [0.3, 0.4) is 0 Å². The van der Waals surface area contributed by atoms with E-state index in [9.17, 15) is 26.7 Å². The van der Waals surface area contributed by atoms with Gasteiger partial charge in [0.05, 0.1) is 11.4 Å². The van der Waals surface area contributed by atoms with Gasteiger partial charge in [0.25, 0.3) is 0 Å². The second-order valence-corrected chi connectivity index (χ2v) is 3.49. The van der Waals surface area contributed by atoms with Crippen LogP contribution in [0.2, 0.25) is 0 Å². The Morgan fingerprint density at radius 2 is 1.53 bits per heavy atom. The molecule has 0 amide bonds. The molecule has 1 aromatic rings. The number of alkyl halides is 5. The summed E-state index contributed by atoms with van der Waals surface area (Å²) in [6.07, 6.45) is -7.61. The molecule has 0 saturated carbocycles. The summed E-state index contributed by atoms with van der Waals surface area (Å²) in [5, 5.41) is 8.37. The number of hydrogen-bond acceptors (Lipinski definition) is 4. The Morgan fingerprint density at radius 3 is 1.84 bits per heavy atom. The number of halogens is 5. The number of ether oxygens (including phenoxy) is 1. The van der Waals surface area contributed by atoms with Gasteiger partial charge in [0.1, 0.15) is 0 Å². The lowest BCUT2D eigenvalue weighted by Gasteiger charge is -2.19. The molecule has 0 atom stereocenters. The summed E-state index contributed by atoms with van der Waals surface area (Å²) in [4.78, 5) is 16.2. The molecule has 0 aliphatic rings. The molecule has 0 saturated heterocycles. The standard InChI is InChI=1S/C9H7F5N2O3/c1-3-5(19-7(17)18)4(2)16-6(15-3)8(10,11)9(12,13)14/h1-2H3,(H,17,18). The van der Waals surface area contributed by atoms with Crippen LogP contribution in [0.25, 0.3) is 0 Å². The molecule has 10 heteroatoms. The molecule has 1 rings (SSSR count). The number of carbonyl (C=O) groups is 1. The van der Waals surface area contributed by atoms with E-state index < -0.39 is 41.2 Å². The van der Waals surface area contributed by atoms with Gasteiger partial charge in [-0.1, -0.05) is 0 Å². The average molecular weight is 286 g/mol. The third kappa shape index (κ3) is 2.88. The van der Waals surface area contributed by atoms with Gasteiger partial charge in [0.2, 0.25) is 5.82 Å². The first-order valence-corrected chi connectivity index (χ1v) is 4.68. The number of nitrogens with zero attached hydrogens (tertiary/aromatic N) is 2. The smallest absolute Gasteiger partial charge is 0.449 e. The van der Waals surface area contributed by atoms with Gasteiger partial charge in [-0.25, -0.2) is 14.8 Å². The monoisotopic (exact) mass is 286 g/mol. The Bertz CT molecular complexity index is 492. The van der Waals surface area contributed by atoms with Crippen molar-refractivity contribution >= 4 is 6.16 Å². The first-order valence-electron chi connectivity index (χ1n) is 4.68. The van der Waals surface area contributed by atoms with E-state index in [1.807, 2.05) is 0 Å². The van der Waals surface area contributed by atoms with Crippen LogP contribution in [0.15, 0.2) is 0 Å². The fourth-order valence-electron chi connectivity index (χ4n) is 1.21. The summed E-state index contributed by atoms with van der Waals surface area (Å²) in [6, 6.07) is 0. The van der Waals surface area contributed by atoms with Crippen LogP contribution in [-0.4, -0.2) is 27.4 Å². The SMILES string of the molecule is Cc1nc(C(F)(F)C(F)(F)F)nc(C)c1OC(=O)O. The van der Waals surface area contributed by atoms with Crippen molar-refractivity contribution in [3.05, 3.63) is 17.2 Å². The largest absolute Gasteiger partial charge is 0.511 e. The molecule has 5 nitrogen and oxygen atoms in total. The van der Waals surface area contributed by atoms with Gasteiger partial charge in [-0.15, -0.1) is 0 Å². The van der Waals surface area contributed by atoms with Crippen LogP contribution in [-0.2, 0) is 5.92 Å². The fraction of sp³-hybridized carbons (Fsp3) is 0.444. The molecule has 0 aliphatic carbocycles. The molecule has 0 aromatic carbocycles. The topological polar surface area (TPSA) is 72.3 Å². The minimum Gasteiger partial charge on any atom is -0.449 e. The highest BCUT2D eigenvalue weighted by Gasteiger charge is 2.61. The second kappa shape index (κ2) is 4.59. The Kier molecular flexibility index (Phi) is 3.64. The van der Waals surface area contributed by atoms with Crippen LogP contribution in [0, 0.1) is 13.8 Å². The van der Waals surface area contributed by atoms with Crippen molar-refractivity contribution in [1.29, 1.82) is 0 Å². The second-order valence-electron chi connectivity index (χ2n) is 3.49. The van der Waals surface area contributed by atoms with Gasteiger partial charge in [-0.3, -0.25) is 0 Å². The predicted octanol–water partition coefficient (Wildman–Crippen LogP) is 2.80. The summed E-state index contributed by atoms with van der Waals surface area (Å²) in [7, 11) is 0. The maximum Gasteiger partial charge on any atom is 0.511 e. The predicted molar refractivity (Wildman–Crippen MR) is 50.1 cm³/mol. The minimum atomic E-state index is -5.85. The molecule has 1 aromatic heterocycles. The molecule has 0 fully saturated rings. The third-order valence-corrected chi connectivity index (χ3v) is 2.03. The normalized spacial score (nSPS) is 12.4. The Morgan fingerprint density at radius 1 is 1.11 bits per heavy atom. The summed E-state index contributed by atoms with van der Waals surface area (Å²) >= 11 is 0. The van der Waals surface area contributed by atoms with E-state index in [2.05, 4.69) is 14.7 Å². The molecular formula is C9H7F5N2O3. The Hall–Kier alpha value is -2.00. The van der Waals surface area contributed by atoms with E-state index in [-0.39, 0.29) is 0 Å². The van der Waals surface area contributed by atoms with Crippen molar-refractivity contribution in [2.75, 3.05) is 0 Å². The third-order valence-electron chi connectivity index (χ3n) is 2.03. The molecule has 1 heterocycles. The number of rotatable bonds is 2. The maximum absolute atomic E-state index is 13.0. The molecule has 0 spiro atoms. The van der Waals surface area contributed by atoms with E-state index in [4.69, 9.17) is 5.11 Å². The molecule has 1 N–H and O–H groups in total. The van der Waals surface area contributed by atoms with Gasteiger partial charge in [0, 0.05) is 0 Å². The zero-order chi connectivity index (χ0) is 15.0. The molecule has 0 unspecified atom stereocenters. The fourth-order valence-corrected chi connectivity index (χ4v) is 1.21. The summed E-state index contributed by atoms with van der Waals surface area (Å²) in [5.74, 6) is -7.47. The number of aromatic nitrogens is 2. The first kappa shape index (κ1) is 15.1. The maximum atomic E-state index is 13.0. The summed E-state index contributed by atoms with van der Waals surface area (Å²) < 4.78 is 66.6. The van der Waals surface area contributed by atoms with Crippen molar-refractivity contribution < 1.29 is 36.6 Å². The summed E-state index contributed by atoms with van der Waals surface area (Å²) in [6.45, 7) is 2.06. The Balaban J connectivity index is 3.33. The number of hydrogen-bond donors (Lipinski definition) is 1. The van der Waals surface area contributed by atoms with Gasteiger partial charge in [0.15, 0.2) is 5.75 Å². The molecule has 106 valence electrons. The zero-order valence-corrected chi connectivity index (χ0v) is 9.55. The van der Waals surface area contributed by atoms with Gasteiger partial charge >= 0.3 is 18.3 Å². The van der Waals surface area contributed by atoms with Gasteiger partial charge < -0.3 is 9.84 Å². The minimum absolute atomic E-state index is 0.436. The van der Waals surface area contributed by atoms with E-state index in [1.165, 1.54) is 0 Å². The lowest BCUT2D eigenvalue weighted by atomic mass is 10.2. The van der Waals surface area contributed by atoms with Crippen LogP contribution in [0.1, 0.15) is 17.2 Å². The zero-order valence-electron chi connectivity index (χ0n) is 9.55. The van der Waals surface area contributed by atoms with Crippen molar-refractivity contribution in [2.45, 2.75) is 25.9 Å². The molecule has 0 radical (unpaired) electrons. The average Bonchev–Trinajstić information content (AvgIpc) is 2.21. The number of carboxylic acid groups (broad SMARTS) is 1. The molecule has 0 bridgehead atoms. The van der Waals surface area contributed by atoms with Crippen molar-refractivity contribution in [2.24, 2.45) is 0 Å². The van der Waals surface area contributed by atoms with E-state index in [0.717, 1.165) is 13.8 Å². The summed E-state index contributed by atoms with van der Waals surface area (Å²) in [5.41, 5.74) is -0.873. The first-order chi connectivity index (χ1) is 8.46. The van der Waals surface area contributed by atoms with E-state index in [0.29, 0.717) is 0 Å². The van der Waals surface area contributed by atoms with Gasteiger partial charge in [-0.05, 0) is 13.8 Å². The molecule has 0 aliphatic heterocycles. The van der Waals surface area contributed by atoms with Crippen molar-refractivity contribution in [3.63, 3.8) is 0 Å². The van der Waals surface area contributed by atoms with Crippen molar-refractivity contribution in [3.8, 4) is 5.75 Å². The van der Waals surface area contributed by atoms with Crippen LogP contribution in [0.4, 0.5) is 26.7 Å². The van der Waals surface area contributed by atoms with Gasteiger partial charge in [-0.2, -0.15) is 22.0 Å². The van der Waals surface area contributed by atoms with E-state index >= 15 is 0 Å². The quantitative estimate of drug-likeness (QED) is 0.668. The van der Waals surface area contributed by atoms with Crippen LogP contribution in [0.5, 0.6) is 5.75 Å². The molecule has 19 heavy (non-hydrogen) atoms. The highest BCUT2D eigenvalue weighted by atomic mass is 19.4.